The summed E-state index contributed by atoms with van der Waals surface area (Å²) in [6.07, 6.45) is 2.52. The summed E-state index contributed by atoms with van der Waals surface area (Å²) < 4.78 is 51.0. The van der Waals surface area contributed by atoms with Crippen LogP contribution >= 0.6 is 0 Å². The highest BCUT2D eigenvalue weighted by molar-refractivity contribution is 7.92. The fourth-order valence-electron chi connectivity index (χ4n) is 4.26. The molecule has 9 nitrogen and oxygen atoms in total. The molecule has 2 aromatic rings. The minimum absolute atomic E-state index is 0.0231. The maximum absolute atomic E-state index is 13.4. The quantitative estimate of drug-likeness (QED) is 0.410. The third-order valence-corrected chi connectivity index (χ3v) is 7.36. The molecule has 0 bridgehead atoms. The molecule has 0 aliphatic carbocycles. The zero-order valence-electron chi connectivity index (χ0n) is 22.1. The maximum atomic E-state index is 13.4. The van der Waals surface area contributed by atoms with Crippen molar-refractivity contribution in [3.63, 3.8) is 0 Å². The van der Waals surface area contributed by atoms with Crippen LogP contribution in [0.15, 0.2) is 42.5 Å². The predicted molar refractivity (Wildman–Crippen MR) is 143 cm³/mol. The zero-order valence-corrected chi connectivity index (χ0v) is 22.9. The lowest BCUT2D eigenvalue weighted by atomic mass is 10.1. The summed E-state index contributed by atoms with van der Waals surface area (Å²) in [6.45, 7) is 5.26. The Morgan fingerprint density at radius 1 is 1.05 bits per heavy atom. The van der Waals surface area contributed by atoms with Crippen molar-refractivity contribution in [1.82, 2.24) is 10.2 Å². The van der Waals surface area contributed by atoms with Gasteiger partial charge in [-0.1, -0.05) is 26.0 Å². The molecular formula is C27H36FN3O6S. The van der Waals surface area contributed by atoms with Crippen LogP contribution in [0.25, 0.3) is 0 Å². The molecule has 0 radical (unpaired) electrons. The van der Waals surface area contributed by atoms with Gasteiger partial charge < -0.3 is 19.7 Å². The van der Waals surface area contributed by atoms with Gasteiger partial charge in [-0.2, -0.15) is 0 Å². The fourth-order valence-corrected chi connectivity index (χ4v) is 5.22. The third-order valence-electron chi connectivity index (χ3n) is 6.17. The first-order chi connectivity index (χ1) is 18.1. The first-order valence-corrected chi connectivity index (χ1v) is 14.7. The van der Waals surface area contributed by atoms with Crippen LogP contribution in [0, 0.1) is 5.82 Å². The van der Waals surface area contributed by atoms with Gasteiger partial charge in [-0.15, -0.1) is 0 Å². The number of nitrogens with one attached hydrogen (secondary N) is 1. The molecule has 0 fully saturated rings. The Morgan fingerprint density at radius 2 is 1.74 bits per heavy atom. The van der Waals surface area contributed by atoms with E-state index in [9.17, 15) is 22.4 Å². The van der Waals surface area contributed by atoms with E-state index in [0.29, 0.717) is 48.9 Å². The average molecular weight is 550 g/mol. The molecule has 1 aliphatic heterocycles. The van der Waals surface area contributed by atoms with E-state index in [-0.39, 0.29) is 43.6 Å². The number of amides is 2. The Morgan fingerprint density at radius 3 is 2.37 bits per heavy atom. The number of ether oxygens (including phenoxy) is 2. The number of hydrogen-bond donors (Lipinski definition) is 1. The molecule has 0 unspecified atom stereocenters. The molecule has 0 saturated carbocycles. The number of rotatable bonds is 13. The number of sulfonamides is 1. The molecule has 0 aromatic heterocycles. The highest BCUT2D eigenvalue weighted by Crippen LogP contribution is 2.34. The smallest absolute Gasteiger partial charge is 0.242 e. The lowest BCUT2D eigenvalue weighted by Crippen LogP contribution is -2.49. The van der Waals surface area contributed by atoms with E-state index >= 15 is 0 Å². The third kappa shape index (κ3) is 7.83. The van der Waals surface area contributed by atoms with Crippen molar-refractivity contribution in [2.75, 3.05) is 36.9 Å². The standard InChI is InChI=1S/C27H36FN3O6S/c1-4-14-29-27(33)23(5-2)30(19-20-8-10-21(28)11-9-20)26(32)7-6-15-31(38(3,34)35)22-12-13-24-25(18-22)37-17-16-36-24/h8-13,18,23H,4-7,14-17,19H2,1-3H3,(H,29,33)/t23-/m0/s1. The number of halogens is 1. The van der Waals surface area contributed by atoms with Crippen LogP contribution in [0.5, 0.6) is 11.5 Å². The van der Waals surface area contributed by atoms with Crippen molar-refractivity contribution in [2.45, 2.75) is 52.1 Å². The van der Waals surface area contributed by atoms with Gasteiger partial charge in [-0.25, -0.2) is 12.8 Å². The lowest BCUT2D eigenvalue weighted by Gasteiger charge is -2.31. The SMILES string of the molecule is CCCNC(=O)[C@H](CC)N(Cc1ccc(F)cc1)C(=O)CCCN(c1ccc2c(c1)OCCO2)S(C)(=O)=O. The summed E-state index contributed by atoms with van der Waals surface area (Å²) in [6, 6.07) is 10.0. The van der Waals surface area contributed by atoms with E-state index in [2.05, 4.69) is 5.32 Å². The van der Waals surface area contributed by atoms with E-state index in [4.69, 9.17) is 9.47 Å². The summed E-state index contributed by atoms with van der Waals surface area (Å²) in [5.41, 5.74) is 1.10. The van der Waals surface area contributed by atoms with Crippen LogP contribution < -0.4 is 19.1 Å². The molecular weight excluding hydrogens is 513 g/mol. The molecule has 1 atom stereocenters. The first-order valence-electron chi connectivity index (χ1n) is 12.8. The molecule has 3 rings (SSSR count). The van der Waals surface area contributed by atoms with E-state index in [1.165, 1.54) is 21.3 Å². The van der Waals surface area contributed by atoms with Gasteiger partial charge in [0.05, 0.1) is 11.9 Å². The normalized spacial score (nSPS) is 13.5. The summed E-state index contributed by atoms with van der Waals surface area (Å²) in [7, 11) is -3.65. The van der Waals surface area contributed by atoms with Crippen LogP contribution in [0.3, 0.4) is 0 Å². The second-order valence-electron chi connectivity index (χ2n) is 9.13. The molecule has 1 N–H and O–H groups in total. The zero-order chi connectivity index (χ0) is 27.7. The monoisotopic (exact) mass is 549 g/mol. The predicted octanol–water partition coefficient (Wildman–Crippen LogP) is 3.48. The number of anilines is 1. The van der Waals surface area contributed by atoms with Crippen molar-refractivity contribution in [2.24, 2.45) is 0 Å². The average Bonchev–Trinajstić information content (AvgIpc) is 2.89. The number of benzene rings is 2. The molecule has 2 aromatic carbocycles. The van der Waals surface area contributed by atoms with Crippen LogP contribution in [0.2, 0.25) is 0 Å². The maximum Gasteiger partial charge on any atom is 0.242 e. The Balaban J connectivity index is 1.75. The molecule has 208 valence electrons. The summed E-state index contributed by atoms with van der Waals surface area (Å²) in [4.78, 5) is 27.8. The van der Waals surface area contributed by atoms with Gasteiger partial charge in [0.15, 0.2) is 11.5 Å². The molecule has 11 heteroatoms. The largest absolute Gasteiger partial charge is 0.486 e. The van der Waals surface area contributed by atoms with Crippen molar-refractivity contribution >= 4 is 27.5 Å². The Hall–Kier alpha value is -3.34. The summed E-state index contributed by atoms with van der Waals surface area (Å²) >= 11 is 0. The fraction of sp³-hybridized carbons (Fsp3) is 0.481. The van der Waals surface area contributed by atoms with Crippen molar-refractivity contribution in [3.05, 3.63) is 53.8 Å². The van der Waals surface area contributed by atoms with Gasteiger partial charge >= 0.3 is 0 Å². The number of carbonyl (C=O) groups is 2. The van der Waals surface area contributed by atoms with Crippen LogP contribution in [-0.4, -0.2) is 63.7 Å². The van der Waals surface area contributed by atoms with Gasteiger partial charge in [0, 0.05) is 32.1 Å². The van der Waals surface area contributed by atoms with Gasteiger partial charge in [0.2, 0.25) is 21.8 Å². The summed E-state index contributed by atoms with van der Waals surface area (Å²) in [5.74, 6) is 0.0847. The number of carbonyl (C=O) groups excluding carboxylic acids is 2. The topological polar surface area (TPSA) is 105 Å². The number of hydrogen-bond acceptors (Lipinski definition) is 6. The van der Waals surface area contributed by atoms with E-state index < -0.39 is 16.1 Å². The lowest BCUT2D eigenvalue weighted by molar-refractivity contribution is -0.141. The van der Waals surface area contributed by atoms with E-state index in [1.54, 1.807) is 30.3 Å². The van der Waals surface area contributed by atoms with Crippen LogP contribution in [0.4, 0.5) is 10.1 Å². The van der Waals surface area contributed by atoms with Gasteiger partial charge in [-0.05, 0) is 49.1 Å². The molecule has 1 aliphatic rings. The van der Waals surface area contributed by atoms with Crippen LogP contribution in [0.1, 0.15) is 45.1 Å². The van der Waals surface area contributed by atoms with Crippen molar-refractivity contribution in [3.8, 4) is 11.5 Å². The molecule has 38 heavy (non-hydrogen) atoms. The Kier molecular flexibility index (Phi) is 10.3. The van der Waals surface area contributed by atoms with Gasteiger partial charge in [0.25, 0.3) is 0 Å². The Labute approximate surface area is 224 Å². The van der Waals surface area contributed by atoms with E-state index in [1.807, 2.05) is 13.8 Å². The highest BCUT2D eigenvalue weighted by Gasteiger charge is 2.29. The molecule has 1 heterocycles. The summed E-state index contributed by atoms with van der Waals surface area (Å²) in [5, 5.41) is 2.85. The van der Waals surface area contributed by atoms with Gasteiger partial charge in [-0.3, -0.25) is 13.9 Å². The first kappa shape index (κ1) is 29.2. The van der Waals surface area contributed by atoms with Crippen molar-refractivity contribution in [1.29, 1.82) is 0 Å². The van der Waals surface area contributed by atoms with Crippen LogP contribution in [-0.2, 0) is 26.2 Å². The molecule has 0 spiro atoms. The Bertz CT molecular complexity index is 1210. The van der Waals surface area contributed by atoms with Crippen molar-refractivity contribution < 1.29 is 31.9 Å². The second-order valence-corrected chi connectivity index (χ2v) is 11.0. The molecule has 2 amide bonds. The number of fused-ring (bicyclic) bond motifs is 1. The van der Waals surface area contributed by atoms with E-state index in [0.717, 1.165) is 12.7 Å². The minimum atomic E-state index is -3.65. The molecule has 0 saturated heterocycles. The van der Waals surface area contributed by atoms with Gasteiger partial charge in [0.1, 0.15) is 25.1 Å². The number of nitrogens with zero attached hydrogens (tertiary/aromatic N) is 2. The second kappa shape index (κ2) is 13.5. The highest BCUT2D eigenvalue weighted by atomic mass is 32.2. The minimum Gasteiger partial charge on any atom is -0.486 e.